The Bertz CT molecular complexity index is 328. The molecular weight excluding hydrogens is 178 g/mol. The van der Waals surface area contributed by atoms with Gasteiger partial charge in [-0.25, -0.2) is 13.6 Å². The summed E-state index contributed by atoms with van der Waals surface area (Å²) in [6.07, 6.45) is 1.83. The van der Waals surface area contributed by atoms with E-state index >= 15 is 0 Å². The zero-order valence-electron chi connectivity index (χ0n) is 6.73. The number of furan rings is 1. The maximum Gasteiger partial charge on any atom is 0.212 e. The summed E-state index contributed by atoms with van der Waals surface area (Å²) in [5.41, 5.74) is 0. The van der Waals surface area contributed by atoms with Crippen LogP contribution < -0.4 is 5.14 Å². The van der Waals surface area contributed by atoms with E-state index in [-0.39, 0.29) is 0 Å². The SMILES string of the molecule is CC(Cc1ccco1)S(N)(=O)=O. The van der Waals surface area contributed by atoms with Crippen molar-refractivity contribution in [2.24, 2.45) is 5.14 Å². The van der Waals surface area contributed by atoms with Crippen LogP contribution in [-0.4, -0.2) is 13.7 Å². The lowest BCUT2D eigenvalue weighted by atomic mass is 10.3. The Morgan fingerprint density at radius 3 is 2.75 bits per heavy atom. The summed E-state index contributed by atoms with van der Waals surface area (Å²) in [4.78, 5) is 0. The zero-order chi connectivity index (χ0) is 9.19. The van der Waals surface area contributed by atoms with Gasteiger partial charge in [0.15, 0.2) is 0 Å². The van der Waals surface area contributed by atoms with Gasteiger partial charge in [0.2, 0.25) is 10.0 Å². The largest absolute Gasteiger partial charge is 0.469 e. The van der Waals surface area contributed by atoms with Crippen LogP contribution in [0.4, 0.5) is 0 Å². The van der Waals surface area contributed by atoms with Crippen LogP contribution in [0.2, 0.25) is 0 Å². The van der Waals surface area contributed by atoms with Gasteiger partial charge in [0.1, 0.15) is 5.76 Å². The van der Waals surface area contributed by atoms with Crippen molar-refractivity contribution in [1.82, 2.24) is 0 Å². The van der Waals surface area contributed by atoms with E-state index in [1.54, 1.807) is 19.1 Å². The molecule has 0 aliphatic heterocycles. The topological polar surface area (TPSA) is 73.3 Å². The van der Waals surface area contributed by atoms with Crippen LogP contribution in [0.3, 0.4) is 0 Å². The summed E-state index contributed by atoms with van der Waals surface area (Å²) in [5.74, 6) is 0.636. The van der Waals surface area contributed by atoms with Gasteiger partial charge in [-0.15, -0.1) is 0 Å². The molecule has 0 bridgehead atoms. The lowest BCUT2D eigenvalue weighted by Crippen LogP contribution is -2.27. The lowest BCUT2D eigenvalue weighted by molar-refractivity contribution is 0.501. The fourth-order valence-corrected chi connectivity index (χ4v) is 1.22. The molecule has 1 heterocycles. The molecule has 68 valence electrons. The first kappa shape index (κ1) is 9.28. The van der Waals surface area contributed by atoms with Gasteiger partial charge < -0.3 is 4.42 Å². The highest BCUT2D eigenvalue weighted by Gasteiger charge is 2.16. The second-order valence-electron chi connectivity index (χ2n) is 2.68. The molecule has 4 nitrogen and oxygen atoms in total. The maximum atomic E-state index is 10.8. The summed E-state index contributed by atoms with van der Waals surface area (Å²) < 4.78 is 26.6. The summed E-state index contributed by atoms with van der Waals surface area (Å²) in [6, 6.07) is 3.44. The number of sulfonamides is 1. The fourth-order valence-electron chi connectivity index (χ4n) is 0.828. The van der Waals surface area contributed by atoms with Crippen LogP contribution in [0, 0.1) is 0 Å². The Balaban J connectivity index is 2.66. The number of primary sulfonamides is 1. The van der Waals surface area contributed by atoms with E-state index in [1.165, 1.54) is 6.26 Å². The standard InChI is InChI=1S/C7H11NO3S/c1-6(12(8,9)10)5-7-3-2-4-11-7/h2-4,6H,5H2,1H3,(H2,8,9,10). The Morgan fingerprint density at radius 2 is 2.33 bits per heavy atom. The molecule has 1 aromatic rings. The third-order valence-corrected chi connectivity index (χ3v) is 2.92. The minimum Gasteiger partial charge on any atom is -0.469 e. The third-order valence-electron chi connectivity index (χ3n) is 1.63. The first-order valence-electron chi connectivity index (χ1n) is 3.54. The van der Waals surface area contributed by atoms with E-state index < -0.39 is 15.3 Å². The molecule has 0 amide bonds. The third kappa shape index (κ3) is 2.35. The summed E-state index contributed by atoms with van der Waals surface area (Å²) in [5, 5.41) is 4.33. The predicted octanol–water partition coefficient (Wildman–Crippen LogP) is 0.499. The average Bonchev–Trinajstić information content (AvgIpc) is 2.37. The number of nitrogens with two attached hydrogens (primary N) is 1. The van der Waals surface area contributed by atoms with E-state index in [0.717, 1.165) is 0 Å². The van der Waals surface area contributed by atoms with Crippen LogP contribution in [0.25, 0.3) is 0 Å². The predicted molar refractivity (Wildman–Crippen MR) is 45.0 cm³/mol. The van der Waals surface area contributed by atoms with Gasteiger partial charge in [0, 0.05) is 6.42 Å². The molecule has 0 aliphatic carbocycles. The number of hydrogen-bond donors (Lipinski definition) is 1. The summed E-state index contributed by atoms with van der Waals surface area (Å²) in [6.45, 7) is 1.55. The van der Waals surface area contributed by atoms with Crippen molar-refractivity contribution in [3.63, 3.8) is 0 Å². The highest BCUT2D eigenvalue weighted by Crippen LogP contribution is 2.07. The van der Waals surface area contributed by atoms with Gasteiger partial charge in [-0.2, -0.15) is 0 Å². The molecule has 0 fully saturated rings. The fraction of sp³-hybridized carbons (Fsp3) is 0.429. The lowest BCUT2D eigenvalue weighted by Gasteiger charge is -2.05. The zero-order valence-corrected chi connectivity index (χ0v) is 7.54. The quantitative estimate of drug-likeness (QED) is 0.752. The molecule has 0 radical (unpaired) electrons. The van der Waals surface area contributed by atoms with E-state index in [9.17, 15) is 8.42 Å². The van der Waals surface area contributed by atoms with Crippen LogP contribution in [0.15, 0.2) is 22.8 Å². The molecule has 2 N–H and O–H groups in total. The smallest absolute Gasteiger partial charge is 0.212 e. The van der Waals surface area contributed by atoms with Crippen molar-refractivity contribution in [1.29, 1.82) is 0 Å². The Morgan fingerprint density at radius 1 is 1.67 bits per heavy atom. The first-order chi connectivity index (χ1) is 5.50. The van der Waals surface area contributed by atoms with Crippen molar-refractivity contribution >= 4 is 10.0 Å². The molecule has 0 aliphatic rings. The summed E-state index contributed by atoms with van der Waals surface area (Å²) >= 11 is 0. The molecule has 0 aromatic carbocycles. The van der Waals surface area contributed by atoms with E-state index in [4.69, 9.17) is 9.56 Å². The van der Waals surface area contributed by atoms with E-state index in [0.29, 0.717) is 12.2 Å². The van der Waals surface area contributed by atoms with E-state index in [1.807, 2.05) is 0 Å². The normalized spacial score (nSPS) is 14.5. The molecule has 12 heavy (non-hydrogen) atoms. The van der Waals surface area contributed by atoms with Gasteiger partial charge >= 0.3 is 0 Å². The van der Waals surface area contributed by atoms with Gasteiger partial charge in [-0.1, -0.05) is 0 Å². The van der Waals surface area contributed by atoms with Crippen molar-refractivity contribution in [2.75, 3.05) is 0 Å². The minimum absolute atomic E-state index is 0.325. The molecule has 1 rings (SSSR count). The molecule has 0 saturated carbocycles. The highest BCUT2D eigenvalue weighted by molar-refractivity contribution is 7.89. The monoisotopic (exact) mass is 189 g/mol. The second kappa shape index (κ2) is 3.28. The molecule has 1 atom stereocenters. The maximum absolute atomic E-state index is 10.8. The van der Waals surface area contributed by atoms with Crippen molar-refractivity contribution in [3.05, 3.63) is 24.2 Å². The van der Waals surface area contributed by atoms with Crippen LogP contribution in [0.1, 0.15) is 12.7 Å². The van der Waals surface area contributed by atoms with Crippen molar-refractivity contribution < 1.29 is 12.8 Å². The van der Waals surface area contributed by atoms with Crippen molar-refractivity contribution in [2.45, 2.75) is 18.6 Å². The van der Waals surface area contributed by atoms with Gasteiger partial charge in [0.25, 0.3) is 0 Å². The van der Waals surface area contributed by atoms with Gasteiger partial charge in [-0.05, 0) is 19.1 Å². The van der Waals surface area contributed by atoms with E-state index in [2.05, 4.69) is 0 Å². The summed E-state index contributed by atoms with van der Waals surface area (Å²) in [7, 11) is -3.44. The van der Waals surface area contributed by atoms with Gasteiger partial charge in [-0.3, -0.25) is 0 Å². The molecular formula is C7H11NO3S. The van der Waals surface area contributed by atoms with Crippen LogP contribution >= 0.6 is 0 Å². The first-order valence-corrected chi connectivity index (χ1v) is 5.15. The number of hydrogen-bond acceptors (Lipinski definition) is 3. The molecule has 0 saturated heterocycles. The second-order valence-corrected chi connectivity index (χ2v) is 4.67. The Labute approximate surface area is 71.4 Å². The minimum atomic E-state index is -3.44. The highest BCUT2D eigenvalue weighted by atomic mass is 32.2. The molecule has 0 spiro atoms. The molecule has 1 unspecified atom stereocenters. The molecule has 5 heteroatoms. The average molecular weight is 189 g/mol. The van der Waals surface area contributed by atoms with Crippen LogP contribution in [-0.2, 0) is 16.4 Å². The Hall–Kier alpha value is -0.810. The number of rotatable bonds is 3. The molecule has 1 aromatic heterocycles. The van der Waals surface area contributed by atoms with Crippen LogP contribution in [0.5, 0.6) is 0 Å². The van der Waals surface area contributed by atoms with Crippen molar-refractivity contribution in [3.8, 4) is 0 Å². The van der Waals surface area contributed by atoms with Gasteiger partial charge in [0.05, 0.1) is 11.5 Å². The Kier molecular flexibility index (Phi) is 2.54.